The Balaban J connectivity index is 1.54. The van der Waals surface area contributed by atoms with E-state index < -0.39 is 0 Å². The van der Waals surface area contributed by atoms with E-state index in [9.17, 15) is 4.79 Å². The van der Waals surface area contributed by atoms with E-state index in [1.54, 1.807) is 18.3 Å². The van der Waals surface area contributed by atoms with Gasteiger partial charge in [0.15, 0.2) is 18.0 Å². The van der Waals surface area contributed by atoms with E-state index in [1.165, 1.54) is 6.39 Å². The lowest BCUT2D eigenvalue weighted by molar-refractivity contribution is 0.101. The highest BCUT2D eigenvalue weighted by atomic mass is 16.3. The normalized spacial score (nSPS) is 10.8. The van der Waals surface area contributed by atoms with Crippen molar-refractivity contribution in [2.75, 3.05) is 5.32 Å². The highest BCUT2D eigenvalue weighted by molar-refractivity contribution is 6.03. The molecule has 0 aliphatic carbocycles. The quantitative estimate of drug-likeness (QED) is 0.607. The lowest BCUT2D eigenvalue weighted by Crippen LogP contribution is -2.13. The predicted molar refractivity (Wildman–Crippen MR) is 86.0 cm³/mol. The molecule has 2 aromatic heterocycles. The molecule has 112 valence electrons. The summed E-state index contributed by atoms with van der Waals surface area (Å²) in [7, 11) is 0. The van der Waals surface area contributed by atoms with Crippen LogP contribution in [0.4, 0.5) is 5.69 Å². The van der Waals surface area contributed by atoms with Gasteiger partial charge in [-0.1, -0.05) is 12.1 Å². The van der Waals surface area contributed by atoms with Crippen molar-refractivity contribution in [2.24, 2.45) is 0 Å². The molecular formula is C17H12N4O2. The van der Waals surface area contributed by atoms with Crippen molar-refractivity contribution in [2.45, 2.75) is 0 Å². The zero-order chi connectivity index (χ0) is 15.6. The second-order valence-corrected chi connectivity index (χ2v) is 5.00. The lowest BCUT2D eigenvalue weighted by Gasteiger charge is -2.03. The monoisotopic (exact) mass is 304 g/mol. The molecule has 6 nitrogen and oxygen atoms in total. The van der Waals surface area contributed by atoms with E-state index >= 15 is 0 Å². The second kappa shape index (κ2) is 5.42. The number of anilines is 1. The van der Waals surface area contributed by atoms with Crippen LogP contribution in [0.5, 0.6) is 0 Å². The van der Waals surface area contributed by atoms with E-state index in [0.717, 1.165) is 16.6 Å². The van der Waals surface area contributed by atoms with Crippen LogP contribution in [0.15, 0.2) is 65.5 Å². The number of imidazole rings is 1. The Morgan fingerprint density at radius 2 is 1.91 bits per heavy atom. The van der Waals surface area contributed by atoms with Crippen LogP contribution in [-0.4, -0.2) is 20.9 Å². The third-order valence-electron chi connectivity index (χ3n) is 3.46. The first-order valence-corrected chi connectivity index (χ1v) is 7.04. The fourth-order valence-corrected chi connectivity index (χ4v) is 2.33. The molecular weight excluding hydrogens is 292 g/mol. The molecule has 2 N–H and O–H groups in total. The molecule has 0 unspecified atom stereocenters. The number of para-hydroxylation sites is 2. The zero-order valence-electron chi connectivity index (χ0n) is 12.0. The SMILES string of the molecule is O=C(Nc1ccc(-c2cnco2)cc1)c1nc2ccccc2[nH]1. The van der Waals surface area contributed by atoms with Gasteiger partial charge in [0.2, 0.25) is 0 Å². The molecule has 0 aliphatic heterocycles. The number of oxazole rings is 1. The minimum atomic E-state index is -0.284. The zero-order valence-corrected chi connectivity index (χ0v) is 12.0. The molecule has 0 radical (unpaired) electrons. The minimum Gasteiger partial charge on any atom is -0.444 e. The van der Waals surface area contributed by atoms with Crippen molar-refractivity contribution in [1.82, 2.24) is 15.0 Å². The summed E-state index contributed by atoms with van der Waals surface area (Å²) in [5.74, 6) is 0.680. The number of carbonyl (C=O) groups is 1. The number of aromatic nitrogens is 3. The van der Waals surface area contributed by atoms with Crippen LogP contribution >= 0.6 is 0 Å². The number of hydrogen-bond acceptors (Lipinski definition) is 4. The fourth-order valence-electron chi connectivity index (χ4n) is 2.33. The summed E-state index contributed by atoms with van der Waals surface area (Å²) >= 11 is 0. The van der Waals surface area contributed by atoms with Crippen LogP contribution in [-0.2, 0) is 0 Å². The van der Waals surface area contributed by atoms with Crippen LogP contribution in [0.25, 0.3) is 22.4 Å². The van der Waals surface area contributed by atoms with E-state index in [-0.39, 0.29) is 11.7 Å². The molecule has 0 atom stereocenters. The Kier molecular flexibility index (Phi) is 3.12. The Hall–Kier alpha value is -3.41. The molecule has 4 rings (SSSR count). The van der Waals surface area contributed by atoms with Gasteiger partial charge in [-0.05, 0) is 36.4 Å². The molecule has 6 heteroatoms. The number of benzene rings is 2. The first kappa shape index (κ1) is 13.3. The molecule has 0 saturated carbocycles. The number of carbonyl (C=O) groups excluding carboxylic acids is 1. The molecule has 0 spiro atoms. The standard InChI is InChI=1S/C17H12N4O2/c22-17(16-20-13-3-1-2-4-14(13)21-16)19-12-7-5-11(6-8-12)15-9-18-10-23-15/h1-10H,(H,19,22)(H,20,21). The number of aromatic amines is 1. The number of fused-ring (bicyclic) bond motifs is 1. The summed E-state index contributed by atoms with van der Waals surface area (Å²) in [4.78, 5) is 23.4. The Labute approximate surface area is 131 Å². The smallest absolute Gasteiger partial charge is 0.291 e. The first-order valence-electron chi connectivity index (χ1n) is 7.04. The van der Waals surface area contributed by atoms with Crippen molar-refractivity contribution < 1.29 is 9.21 Å². The van der Waals surface area contributed by atoms with Crippen molar-refractivity contribution in [3.8, 4) is 11.3 Å². The number of nitrogens with zero attached hydrogens (tertiary/aromatic N) is 2. The summed E-state index contributed by atoms with van der Waals surface area (Å²) in [6.45, 7) is 0. The number of rotatable bonds is 3. The number of amides is 1. The van der Waals surface area contributed by atoms with Gasteiger partial charge >= 0.3 is 0 Å². The maximum Gasteiger partial charge on any atom is 0.291 e. The van der Waals surface area contributed by atoms with Crippen molar-refractivity contribution in [3.05, 3.63) is 66.9 Å². The van der Waals surface area contributed by atoms with Gasteiger partial charge in [0, 0.05) is 11.3 Å². The van der Waals surface area contributed by atoms with Gasteiger partial charge in [-0.25, -0.2) is 9.97 Å². The van der Waals surface area contributed by atoms with E-state index in [4.69, 9.17) is 4.42 Å². The summed E-state index contributed by atoms with van der Waals surface area (Å²) in [5.41, 5.74) is 3.17. The van der Waals surface area contributed by atoms with Crippen LogP contribution in [0, 0.1) is 0 Å². The lowest BCUT2D eigenvalue weighted by atomic mass is 10.1. The highest BCUT2D eigenvalue weighted by Crippen LogP contribution is 2.21. The van der Waals surface area contributed by atoms with Crippen LogP contribution in [0.2, 0.25) is 0 Å². The Morgan fingerprint density at radius 3 is 2.65 bits per heavy atom. The van der Waals surface area contributed by atoms with Gasteiger partial charge in [0.25, 0.3) is 5.91 Å². The third-order valence-corrected chi connectivity index (χ3v) is 3.46. The number of nitrogens with one attached hydrogen (secondary N) is 2. The fraction of sp³-hybridized carbons (Fsp3) is 0. The van der Waals surface area contributed by atoms with E-state index in [2.05, 4.69) is 20.3 Å². The van der Waals surface area contributed by atoms with Gasteiger partial charge in [-0.3, -0.25) is 4.79 Å². The molecule has 2 heterocycles. The first-order chi connectivity index (χ1) is 11.3. The van der Waals surface area contributed by atoms with Gasteiger partial charge in [0.05, 0.1) is 17.2 Å². The molecule has 23 heavy (non-hydrogen) atoms. The largest absolute Gasteiger partial charge is 0.444 e. The van der Waals surface area contributed by atoms with Crippen molar-refractivity contribution >= 4 is 22.6 Å². The number of H-pyrrole nitrogens is 1. The second-order valence-electron chi connectivity index (χ2n) is 5.00. The van der Waals surface area contributed by atoms with Crippen LogP contribution in [0.1, 0.15) is 10.6 Å². The van der Waals surface area contributed by atoms with Crippen LogP contribution in [0.3, 0.4) is 0 Å². The van der Waals surface area contributed by atoms with Gasteiger partial charge in [-0.2, -0.15) is 0 Å². The molecule has 1 amide bonds. The summed E-state index contributed by atoms with van der Waals surface area (Å²) < 4.78 is 5.23. The van der Waals surface area contributed by atoms with Gasteiger partial charge < -0.3 is 14.7 Å². The number of hydrogen-bond donors (Lipinski definition) is 2. The molecule has 0 bridgehead atoms. The average molecular weight is 304 g/mol. The maximum absolute atomic E-state index is 12.3. The maximum atomic E-state index is 12.3. The third kappa shape index (κ3) is 2.57. The molecule has 0 saturated heterocycles. The van der Waals surface area contributed by atoms with Crippen molar-refractivity contribution in [3.63, 3.8) is 0 Å². The van der Waals surface area contributed by atoms with E-state index in [0.29, 0.717) is 11.4 Å². The average Bonchev–Trinajstić information content (AvgIpc) is 3.25. The summed E-state index contributed by atoms with van der Waals surface area (Å²) in [6, 6.07) is 14.8. The minimum absolute atomic E-state index is 0.283. The van der Waals surface area contributed by atoms with E-state index in [1.807, 2.05) is 36.4 Å². The molecule has 4 aromatic rings. The molecule has 0 fully saturated rings. The van der Waals surface area contributed by atoms with Crippen LogP contribution < -0.4 is 5.32 Å². The molecule has 2 aromatic carbocycles. The predicted octanol–water partition coefficient (Wildman–Crippen LogP) is 3.47. The topological polar surface area (TPSA) is 83.8 Å². The van der Waals surface area contributed by atoms with Gasteiger partial charge in [-0.15, -0.1) is 0 Å². The highest BCUT2D eigenvalue weighted by Gasteiger charge is 2.11. The summed E-state index contributed by atoms with van der Waals surface area (Å²) in [5, 5.41) is 2.81. The summed E-state index contributed by atoms with van der Waals surface area (Å²) in [6.07, 6.45) is 3.02. The van der Waals surface area contributed by atoms with Gasteiger partial charge in [0.1, 0.15) is 0 Å². The van der Waals surface area contributed by atoms with Crippen molar-refractivity contribution in [1.29, 1.82) is 0 Å². The Morgan fingerprint density at radius 1 is 1.09 bits per heavy atom. The Bertz CT molecular complexity index is 923. The molecule has 0 aliphatic rings.